The molecule has 0 unspecified atom stereocenters. The number of nitrogens with zero attached hydrogens (tertiary/aromatic N) is 4. The molecule has 9 heteroatoms. The summed E-state index contributed by atoms with van der Waals surface area (Å²) in [6, 6.07) is 13.7. The average molecular weight is 509 g/mol. The molecule has 0 saturated carbocycles. The second-order valence-corrected chi connectivity index (χ2v) is 8.68. The van der Waals surface area contributed by atoms with E-state index in [-0.39, 0.29) is 17.2 Å². The van der Waals surface area contributed by atoms with Gasteiger partial charge in [0.25, 0.3) is 11.2 Å². The van der Waals surface area contributed by atoms with Gasteiger partial charge in [-0.2, -0.15) is 9.78 Å². The van der Waals surface area contributed by atoms with Crippen molar-refractivity contribution in [1.82, 2.24) is 9.66 Å². The Morgan fingerprint density at radius 3 is 2.76 bits per heavy atom. The Balaban J connectivity index is 1.74. The van der Waals surface area contributed by atoms with E-state index in [1.807, 2.05) is 19.9 Å². The first-order valence-corrected chi connectivity index (χ1v) is 11.2. The highest BCUT2D eigenvalue weighted by Crippen LogP contribution is 2.28. The summed E-state index contributed by atoms with van der Waals surface area (Å²) in [4.78, 5) is 28.7. The molecule has 0 aliphatic rings. The number of furan rings is 1. The SMILES string of the molecule is CC[C@@H](C)c1nc2ccc(Br)cc2c(=O)n1N=Cc1ccc(-c2ccc(C)c([N+](=O)[O-])c2)o1. The van der Waals surface area contributed by atoms with Crippen molar-refractivity contribution in [2.45, 2.75) is 33.1 Å². The number of nitro benzene ring substituents is 1. The summed E-state index contributed by atoms with van der Waals surface area (Å²) in [6.07, 6.45) is 2.24. The number of aryl methyl sites for hydroxylation is 1. The predicted molar refractivity (Wildman–Crippen MR) is 131 cm³/mol. The summed E-state index contributed by atoms with van der Waals surface area (Å²) in [5.74, 6) is 1.46. The average Bonchev–Trinajstić information content (AvgIpc) is 3.27. The van der Waals surface area contributed by atoms with E-state index in [1.165, 1.54) is 17.0 Å². The fourth-order valence-corrected chi connectivity index (χ4v) is 3.79. The van der Waals surface area contributed by atoms with Crippen LogP contribution in [0.15, 0.2) is 67.3 Å². The first kappa shape index (κ1) is 22.6. The highest BCUT2D eigenvalue weighted by molar-refractivity contribution is 9.10. The number of halogens is 1. The maximum absolute atomic E-state index is 13.2. The van der Waals surface area contributed by atoms with Crippen molar-refractivity contribution >= 4 is 38.7 Å². The Kier molecular flexibility index (Phi) is 6.24. The van der Waals surface area contributed by atoms with Crippen LogP contribution in [0, 0.1) is 17.0 Å². The van der Waals surface area contributed by atoms with E-state index in [4.69, 9.17) is 4.42 Å². The zero-order valence-corrected chi connectivity index (χ0v) is 19.9. The van der Waals surface area contributed by atoms with Gasteiger partial charge in [0.2, 0.25) is 0 Å². The van der Waals surface area contributed by atoms with Gasteiger partial charge in [0.15, 0.2) is 0 Å². The fraction of sp³-hybridized carbons (Fsp3) is 0.208. The number of benzene rings is 2. The summed E-state index contributed by atoms with van der Waals surface area (Å²) in [5, 5.41) is 16.1. The molecule has 8 nitrogen and oxygen atoms in total. The lowest BCUT2D eigenvalue weighted by atomic mass is 10.1. The molecule has 4 aromatic rings. The van der Waals surface area contributed by atoms with Crippen LogP contribution in [-0.2, 0) is 0 Å². The predicted octanol–water partition coefficient (Wildman–Crippen LogP) is 6.03. The lowest BCUT2D eigenvalue weighted by molar-refractivity contribution is -0.385. The molecule has 0 radical (unpaired) electrons. The van der Waals surface area contributed by atoms with Crippen molar-refractivity contribution < 1.29 is 9.34 Å². The van der Waals surface area contributed by atoms with E-state index in [1.54, 1.807) is 43.3 Å². The largest absolute Gasteiger partial charge is 0.455 e. The minimum Gasteiger partial charge on any atom is -0.455 e. The summed E-state index contributed by atoms with van der Waals surface area (Å²) in [5.41, 5.74) is 1.53. The van der Waals surface area contributed by atoms with Crippen LogP contribution in [0.4, 0.5) is 5.69 Å². The highest BCUT2D eigenvalue weighted by Gasteiger charge is 2.16. The molecule has 0 bridgehead atoms. The summed E-state index contributed by atoms with van der Waals surface area (Å²) in [7, 11) is 0. The third-order valence-electron chi connectivity index (χ3n) is 5.50. The van der Waals surface area contributed by atoms with Crippen LogP contribution in [0.5, 0.6) is 0 Å². The molecule has 33 heavy (non-hydrogen) atoms. The Hall–Kier alpha value is -3.59. The van der Waals surface area contributed by atoms with Crippen LogP contribution in [0.25, 0.3) is 22.2 Å². The maximum Gasteiger partial charge on any atom is 0.282 e. The zero-order valence-electron chi connectivity index (χ0n) is 18.3. The van der Waals surface area contributed by atoms with Crippen LogP contribution in [0.1, 0.15) is 43.3 Å². The molecule has 2 aromatic carbocycles. The summed E-state index contributed by atoms with van der Waals surface area (Å²) >= 11 is 3.40. The molecule has 1 atom stereocenters. The Labute approximate surface area is 197 Å². The Morgan fingerprint density at radius 2 is 2.03 bits per heavy atom. The first-order valence-electron chi connectivity index (χ1n) is 10.4. The molecule has 0 N–H and O–H groups in total. The Bertz CT molecular complexity index is 1450. The monoisotopic (exact) mass is 508 g/mol. The third kappa shape index (κ3) is 4.49. The van der Waals surface area contributed by atoms with E-state index in [0.29, 0.717) is 39.4 Å². The molecule has 0 fully saturated rings. The van der Waals surface area contributed by atoms with Crippen molar-refractivity contribution in [3.05, 3.63) is 90.6 Å². The number of hydrogen-bond acceptors (Lipinski definition) is 6. The minimum atomic E-state index is -0.419. The summed E-state index contributed by atoms with van der Waals surface area (Å²) < 4.78 is 7.91. The smallest absolute Gasteiger partial charge is 0.282 e. The van der Waals surface area contributed by atoms with Crippen molar-refractivity contribution in [2.75, 3.05) is 0 Å². The topological polar surface area (TPSA) is 104 Å². The number of hydrogen-bond donors (Lipinski definition) is 0. The van der Waals surface area contributed by atoms with E-state index >= 15 is 0 Å². The van der Waals surface area contributed by atoms with Gasteiger partial charge in [-0.3, -0.25) is 14.9 Å². The van der Waals surface area contributed by atoms with Crippen molar-refractivity contribution in [3.8, 4) is 11.3 Å². The van der Waals surface area contributed by atoms with Gasteiger partial charge in [-0.15, -0.1) is 0 Å². The number of aromatic nitrogens is 2. The Morgan fingerprint density at radius 1 is 1.24 bits per heavy atom. The molecular weight excluding hydrogens is 488 g/mol. The quantitative estimate of drug-likeness (QED) is 0.179. The molecule has 0 aliphatic carbocycles. The molecule has 2 heterocycles. The van der Waals surface area contributed by atoms with Gasteiger partial charge in [-0.1, -0.05) is 41.9 Å². The fourth-order valence-electron chi connectivity index (χ4n) is 3.43. The number of nitro groups is 1. The molecule has 0 aliphatic heterocycles. The van der Waals surface area contributed by atoms with Crippen molar-refractivity contribution in [2.24, 2.45) is 5.10 Å². The standard InChI is InChI=1S/C24H21BrN4O4/c1-4-14(2)23-27-20-9-7-17(25)12-19(20)24(30)28(23)26-13-18-8-10-22(33-18)16-6-5-15(3)21(11-16)29(31)32/h5-14H,4H2,1-3H3/t14-/m1/s1. The van der Waals surface area contributed by atoms with Crippen LogP contribution in [-0.4, -0.2) is 20.8 Å². The van der Waals surface area contributed by atoms with Crippen LogP contribution < -0.4 is 5.56 Å². The molecule has 0 spiro atoms. The third-order valence-corrected chi connectivity index (χ3v) is 6.00. The van der Waals surface area contributed by atoms with E-state index in [2.05, 4.69) is 26.0 Å². The molecule has 0 amide bonds. The second-order valence-electron chi connectivity index (χ2n) is 7.76. The highest BCUT2D eigenvalue weighted by atomic mass is 79.9. The molecule has 0 saturated heterocycles. The molecular formula is C24H21BrN4O4. The minimum absolute atomic E-state index is 0.0168. The van der Waals surface area contributed by atoms with E-state index in [0.717, 1.165) is 10.9 Å². The van der Waals surface area contributed by atoms with Crippen LogP contribution >= 0.6 is 15.9 Å². The van der Waals surface area contributed by atoms with Gasteiger partial charge in [-0.05, 0) is 43.7 Å². The van der Waals surface area contributed by atoms with Crippen LogP contribution in [0.2, 0.25) is 0 Å². The summed E-state index contributed by atoms with van der Waals surface area (Å²) in [6.45, 7) is 5.70. The zero-order chi connectivity index (χ0) is 23.7. The van der Waals surface area contributed by atoms with E-state index in [9.17, 15) is 14.9 Å². The number of fused-ring (bicyclic) bond motifs is 1. The van der Waals surface area contributed by atoms with Gasteiger partial charge in [0.05, 0.1) is 22.0 Å². The van der Waals surface area contributed by atoms with Gasteiger partial charge in [-0.25, -0.2) is 4.98 Å². The number of rotatable bonds is 6. The second kappa shape index (κ2) is 9.11. The van der Waals surface area contributed by atoms with Gasteiger partial charge in [0.1, 0.15) is 17.3 Å². The van der Waals surface area contributed by atoms with Gasteiger partial charge >= 0.3 is 0 Å². The maximum atomic E-state index is 13.2. The van der Waals surface area contributed by atoms with Gasteiger partial charge < -0.3 is 4.42 Å². The lowest BCUT2D eigenvalue weighted by Gasteiger charge is -2.13. The van der Waals surface area contributed by atoms with E-state index < -0.39 is 4.92 Å². The molecule has 168 valence electrons. The van der Waals surface area contributed by atoms with Crippen molar-refractivity contribution in [3.63, 3.8) is 0 Å². The van der Waals surface area contributed by atoms with Gasteiger partial charge in [0, 0.05) is 27.6 Å². The molecule has 2 aromatic heterocycles. The van der Waals surface area contributed by atoms with Crippen molar-refractivity contribution in [1.29, 1.82) is 0 Å². The molecule has 4 rings (SSSR count). The normalized spacial score (nSPS) is 12.5. The lowest BCUT2D eigenvalue weighted by Crippen LogP contribution is -2.23. The first-order chi connectivity index (χ1) is 15.8. The van der Waals surface area contributed by atoms with Crippen LogP contribution in [0.3, 0.4) is 0 Å².